The van der Waals surface area contributed by atoms with Gasteiger partial charge in [-0.25, -0.2) is 17.6 Å². The number of aliphatic hydroxyl groups excluding tert-OH is 1. The smallest absolute Gasteiger partial charge is 0.200 e. The minimum Gasteiger partial charge on any atom is -0.491 e. The molecule has 0 amide bonds. The van der Waals surface area contributed by atoms with Crippen LogP contribution in [0.2, 0.25) is 0 Å². The van der Waals surface area contributed by atoms with E-state index in [9.17, 15) is 22.7 Å². The molecule has 1 unspecified atom stereocenters. The average molecular weight is 649 g/mol. The lowest BCUT2D eigenvalue weighted by atomic mass is 9.76. The van der Waals surface area contributed by atoms with Crippen molar-refractivity contribution in [2.45, 2.75) is 102 Å². The first-order valence-corrected chi connectivity index (χ1v) is 16.5. The Kier molecular flexibility index (Phi) is 11.2. The molecule has 3 nitrogen and oxygen atoms in total. The average Bonchev–Trinajstić information content (AvgIpc) is 3.06. The molecule has 0 spiro atoms. The summed E-state index contributed by atoms with van der Waals surface area (Å²) >= 11 is 0. The van der Waals surface area contributed by atoms with E-state index < -0.39 is 41.0 Å². The summed E-state index contributed by atoms with van der Waals surface area (Å²) in [5.74, 6) is -6.69. The minimum atomic E-state index is -1.05. The second kappa shape index (κ2) is 15.1. The molecule has 3 aromatic rings. The van der Waals surface area contributed by atoms with Crippen LogP contribution >= 0.6 is 0 Å². The zero-order valence-corrected chi connectivity index (χ0v) is 26.4. The van der Waals surface area contributed by atoms with Gasteiger partial charge in [-0.05, 0) is 117 Å². The van der Waals surface area contributed by atoms with Crippen molar-refractivity contribution in [3.05, 3.63) is 93.6 Å². The molecule has 46 heavy (non-hydrogen) atoms. The van der Waals surface area contributed by atoms with Gasteiger partial charge in [0.25, 0.3) is 0 Å². The van der Waals surface area contributed by atoms with Crippen molar-refractivity contribution in [3.8, 4) is 11.5 Å². The van der Waals surface area contributed by atoms with Crippen LogP contribution in [0.25, 0.3) is 0 Å². The Bertz CT molecular complexity index is 1500. The predicted octanol–water partition coefficient (Wildman–Crippen LogP) is 10.5. The molecule has 0 aromatic heterocycles. The van der Waals surface area contributed by atoms with Gasteiger partial charge < -0.3 is 14.6 Å². The highest BCUT2D eigenvalue weighted by molar-refractivity contribution is 5.36. The maximum absolute atomic E-state index is 15.2. The number of hydrogen-bond donors (Lipinski definition) is 1. The SMILES string of the molecule is CCCC(O)c1ccc(C2CCC(COc3ccc(C4CCC(c5ccc(OCC)c(F)c5F)CC4)c(F)c3F)CC2)c(F)c1F. The van der Waals surface area contributed by atoms with Gasteiger partial charge in [-0.3, -0.25) is 0 Å². The van der Waals surface area contributed by atoms with Crippen LogP contribution in [0.4, 0.5) is 26.3 Å². The van der Waals surface area contributed by atoms with E-state index in [2.05, 4.69) is 0 Å². The summed E-state index contributed by atoms with van der Waals surface area (Å²) < 4.78 is 99.9. The lowest BCUT2D eigenvalue weighted by Crippen LogP contribution is -2.21. The Morgan fingerprint density at radius 3 is 1.50 bits per heavy atom. The van der Waals surface area contributed by atoms with Gasteiger partial charge in [-0.15, -0.1) is 0 Å². The second-order valence-electron chi connectivity index (χ2n) is 12.7. The lowest BCUT2D eigenvalue weighted by Gasteiger charge is -2.30. The van der Waals surface area contributed by atoms with Gasteiger partial charge in [0.05, 0.1) is 19.3 Å². The maximum atomic E-state index is 15.2. The lowest BCUT2D eigenvalue weighted by molar-refractivity contribution is 0.160. The molecule has 0 heterocycles. The number of hydrogen-bond acceptors (Lipinski definition) is 3. The van der Waals surface area contributed by atoms with Gasteiger partial charge in [-0.2, -0.15) is 8.78 Å². The molecule has 0 saturated heterocycles. The van der Waals surface area contributed by atoms with Crippen molar-refractivity contribution < 1.29 is 40.9 Å². The van der Waals surface area contributed by atoms with Crippen LogP contribution in [0.5, 0.6) is 11.5 Å². The molecular weight excluding hydrogens is 606 g/mol. The highest BCUT2D eigenvalue weighted by atomic mass is 19.2. The summed E-state index contributed by atoms with van der Waals surface area (Å²) in [7, 11) is 0. The number of aliphatic hydroxyl groups is 1. The van der Waals surface area contributed by atoms with E-state index in [-0.39, 0.29) is 65.1 Å². The van der Waals surface area contributed by atoms with Crippen molar-refractivity contribution in [2.24, 2.45) is 5.92 Å². The Balaban J connectivity index is 1.14. The van der Waals surface area contributed by atoms with Gasteiger partial charge in [0.2, 0.25) is 11.6 Å². The molecule has 2 saturated carbocycles. The van der Waals surface area contributed by atoms with Crippen LogP contribution in [0.1, 0.15) is 124 Å². The summed E-state index contributed by atoms with van der Waals surface area (Å²) in [6.07, 6.45) is 4.53. The molecule has 2 aliphatic carbocycles. The largest absolute Gasteiger partial charge is 0.491 e. The fourth-order valence-electron chi connectivity index (χ4n) is 7.25. The van der Waals surface area contributed by atoms with Gasteiger partial charge in [-0.1, -0.05) is 37.6 Å². The third kappa shape index (κ3) is 7.19. The summed E-state index contributed by atoms with van der Waals surface area (Å²) in [6, 6.07) is 9.01. The van der Waals surface area contributed by atoms with Crippen molar-refractivity contribution >= 4 is 0 Å². The first kappa shape index (κ1) is 34.1. The molecule has 0 aliphatic heterocycles. The maximum Gasteiger partial charge on any atom is 0.200 e. The molecule has 2 aliphatic rings. The van der Waals surface area contributed by atoms with Crippen molar-refractivity contribution in [2.75, 3.05) is 13.2 Å². The molecule has 3 aromatic carbocycles. The molecule has 0 radical (unpaired) electrons. The highest BCUT2D eigenvalue weighted by Gasteiger charge is 2.31. The number of ether oxygens (including phenoxy) is 2. The Morgan fingerprint density at radius 2 is 1.02 bits per heavy atom. The summed E-state index contributed by atoms with van der Waals surface area (Å²) in [5, 5.41) is 10.1. The van der Waals surface area contributed by atoms with Crippen molar-refractivity contribution in [1.29, 1.82) is 0 Å². The quantitative estimate of drug-likeness (QED) is 0.210. The van der Waals surface area contributed by atoms with Crippen LogP contribution in [0, 0.1) is 40.8 Å². The summed E-state index contributed by atoms with van der Waals surface area (Å²) in [4.78, 5) is 0. The van der Waals surface area contributed by atoms with Crippen LogP contribution in [-0.2, 0) is 0 Å². The molecule has 250 valence electrons. The van der Waals surface area contributed by atoms with E-state index in [4.69, 9.17) is 9.47 Å². The molecular formula is C37H42F6O3. The molecule has 1 N–H and O–H groups in total. The normalized spacial score (nSPS) is 22.5. The van der Waals surface area contributed by atoms with Gasteiger partial charge >= 0.3 is 0 Å². The number of rotatable bonds is 11. The van der Waals surface area contributed by atoms with E-state index in [0.717, 1.165) is 0 Å². The Labute approximate surface area is 266 Å². The Morgan fingerprint density at radius 1 is 0.587 bits per heavy atom. The first-order valence-electron chi connectivity index (χ1n) is 16.5. The number of halogens is 6. The molecule has 0 bridgehead atoms. The van der Waals surface area contributed by atoms with Gasteiger partial charge in [0.15, 0.2) is 34.8 Å². The summed E-state index contributed by atoms with van der Waals surface area (Å²) in [5.41, 5.74) is 0.818. The van der Waals surface area contributed by atoms with E-state index in [1.807, 2.05) is 6.92 Å². The molecule has 5 rings (SSSR count). The van der Waals surface area contributed by atoms with Crippen LogP contribution in [0.3, 0.4) is 0 Å². The highest BCUT2D eigenvalue weighted by Crippen LogP contribution is 2.44. The third-order valence-corrected chi connectivity index (χ3v) is 9.88. The second-order valence-corrected chi connectivity index (χ2v) is 12.7. The Hall–Kier alpha value is -3.20. The first-order chi connectivity index (χ1) is 22.1. The van der Waals surface area contributed by atoms with Gasteiger partial charge in [0, 0.05) is 5.56 Å². The van der Waals surface area contributed by atoms with E-state index in [1.54, 1.807) is 25.1 Å². The fourth-order valence-corrected chi connectivity index (χ4v) is 7.25. The van der Waals surface area contributed by atoms with Crippen molar-refractivity contribution in [1.82, 2.24) is 0 Å². The zero-order valence-electron chi connectivity index (χ0n) is 26.4. The molecule has 9 heteroatoms. The number of benzene rings is 3. The molecule has 2 fully saturated rings. The fraction of sp³-hybridized carbons (Fsp3) is 0.514. The third-order valence-electron chi connectivity index (χ3n) is 9.88. The minimum absolute atomic E-state index is 0.0193. The van der Waals surface area contributed by atoms with Crippen molar-refractivity contribution in [3.63, 3.8) is 0 Å². The van der Waals surface area contributed by atoms with Crippen LogP contribution < -0.4 is 9.47 Å². The van der Waals surface area contributed by atoms with E-state index in [0.29, 0.717) is 69.8 Å². The van der Waals surface area contributed by atoms with E-state index in [1.165, 1.54) is 18.2 Å². The topological polar surface area (TPSA) is 38.7 Å². The zero-order chi connectivity index (χ0) is 33.0. The predicted molar refractivity (Wildman–Crippen MR) is 164 cm³/mol. The molecule has 1 atom stereocenters. The summed E-state index contributed by atoms with van der Waals surface area (Å²) in [6.45, 7) is 3.96. The monoisotopic (exact) mass is 648 g/mol. The standard InChI is InChI=1S/C37H42F6O3/c1-3-5-29(44)28-15-14-25(32(38)35(28)41)22-8-6-21(7-9-22)20-46-31-19-17-27(34(40)37(31)43)24-12-10-23(11-13-24)26-16-18-30(45-4-2)36(42)33(26)39/h14-19,21-24,29,44H,3-13,20H2,1-2H3. The van der Waals surface area contributed by atoms with Crippen LogP contribution in [-0.4, -0.2) is 18.3 Å². The van der Waals surface area contributed by atoms with Gasteiger partial charge in [0.1, 0.15) is 0 Å². The van der Waals surface area contributed by atoms with E-state index >= 15 is 8.78 Å². The van der Waals surface area contributed by atoms with Crippen LogP contribution in [0.15, 0.2) is 36.4 Å².